The maximum Gasteiger partial charge on any atom is 0.124 e. The summed E-state index contributed by atoms with van der Waals surface area (Å²) in [5.74, 6) is -0.285. The van der Waals surface area contributed by atoms with Gasteiger partial charge in [0.1, 0.15) is 5.82 Å². The van der Waals surface area contributed by atoms with E-state index in [9.17, 15) is 9.50 Å². The van der Waals surface area contributed by atoms with Crippen LogP contribution < -0.4 is 0 Å². The molecule has 0 amide bonds. The lowest BCUT2D eigenvalue weighted by atomic mass is 9.93. The molecule has 3 nitrogen and oxygen atoms in total. The van der Waals surface area contributed by atoms with E-state index in [0.29, 0.717) is 10.6 Å². The zero-order valence-corrected chi connectivity index (χ0v) is 13.4. The van der Waals surface area contributed by atoms with Gasteiger partial charge in [0.25, 0.3) is 0 Å². The van der Waals surface area contributed by atoms with E-state index in [2.05, 4.69) is 5.10 Å². The topological polar surface area (TPSA) is 38.1 Å². The lowest BCUT2D eigenvalue weighted by molar-refractivity contribution is 0.108. The van der Waals surface area contributed by atoms with E-state index in [1.807, 2.05) is 20.8 Å². The summed E-state index contributed by atoms with van der Waals surface area (Å²) >= 11 is 6.18. The van der Waals surface area contributed by atoms with Crippen molar-refractivity contribution in [3.05, 3.63) is 40.4 Å². The Kier molecular flexibility index (Phi) is 4.69. The van der Waals surface area contributed by atoms with E-state index in [0.717, 1.165) is 23.4 Å². The second-order valence-corrected chi connectivity index (χ2v) is 5.83. The highest BCUT2D eigenvalue weighted by Gasteiger charge is 2.26. The van der Waals surface area contributed by atoms with Crippen LogP contribution in [0.2, 0.25) is 5.02 Å². The van der Waals surface area contributed by atoms with Gasteiger partial charge in [-0.1, -0.05) is 31.9 Å². The van der Waals surface area contributed by atoms with Crippen LogP contribution in [0.25, 0.3) is 11.1 Å². The lowest BCUT2D eigenvalue weighted by Gasteiger charge is -2.19. The molecule has 114 valence electrons. The number of aryl methyl sites for hydroxylation is 2. The van der Waals surface area contributed by atoms with E-state index in [-0.39, 0.29) is 11.7 Å². The van der Waals surface area contributed by atoms with Gasteiger partial charge >= 0.3 is 0 Å². The molecule has 0 aliphatic rings. The highest BCUT2D eigenvalue weighted by atomic mass is 35.5. The maximum absolute atomic E-state index is 13.3. The fraction of sp³-hybridized carbons (Fsp3) is 0.438. The van der Waals surface area contributed by atoms with Crippen LogP contribution in [0.3, 0.4) is 0 Å². The van der Waals surface area contributed by atoms with Crippen LogP contribution in [-0.2, 0) is 7.05 Å². The molecule has 0 saturated carbocycles. The Morgan fingerprint density at radius 1 is 1.43 bits per heavy atom. The molecule has 0 bridgehead atoms. The Morgan fingerprint density at radius 3 is 2.67 bits per heavy atom. The fourth-order valence-electron chi connectivity index (χ4n) is 2.53. The molecular formula is C16H20ClFN2O. The Balaban J connectivity index is 2.63. The molecule has 21 heavy (non-hydrogen) atoms. The van der Waals surface area contributed by atoms with Gasteiger partial charge in [0, 0.05) is 18.2 Å². The predicted molar refractivity (Wildman–Crippen MR) is 82.8 cm³/mol. The number of hydrogen-bond acceptors (Lipinski definition) is 2. The quantitative estimate of drug-likeness (QED) is 0.916. The van der Waals surface area contributed by atoms with Gasteiger partial charge in [0.15, 0.2) is 0 Å². The van der Waals surface area contributed by atoms with Crippen LogP contribution in [0.1, 0.15) is 37.8 Å². The molecule has 1 heterocycles. The minimum absolute atomic E-state index is 0.0952. The average Bonchev–Trinajstić information content (AvgIpc) is 2.72. The summed E-state index contributed by atoms with van der Waals surface area (Å²) in [5.41, 5.74) is 2.97. The van der Waals surface area contributed by atoms with Crippen molar-refractivity contribution in [3.8, 4) is 11.1 Å². The summed E-state index contributed by atoms with van der Waals surface area (Å²) in [4.78, 5) is 0. The number of rotatable bonds is 4. The van der Waals surface area contributed by atoms with E-state index in [1.165, 1.54) is 12.1 Å². The highest BCUT2D eigenvalue weighted by molar-refractivity contribution is 6.33. The number of aliphatic hydroxyl groups is 1. The highest BCUT2D eigenvalue weighted by Crippen LogP contribution is 2.38. The SMILES string of the molecule is CCC(C)C(O)c1c(-c2ccc(F)cc2Cl)c(C)nn1C. The number of aliphatic hydroxyl groups excluding tert-OH is 1. The Morgan fingerprint density at radius 2 is 2.10 bits per heavy atom. The Labute approximate surface area is 129 Å². The van der Waals surface area contributed by atoms with Gasteiger partial charge in [-0.15, -0.1) is 0 Å². The van der Waals surface area contributed by atoms with Crippen molar-refractivity contribution in [2.45, 2.75) is 33.3 Å². The molecule has 1 N–H and O–H groups in total. The van der Waals surface area contributed by atoms with Crippen LogP contribution >= 0.6 is 11.6 Å². The minimum atomic E-state index is -0.641. The third-order valence-corrected chi connectivity index (χ3v) is 4.24. The van der Waals surface area contributed by atoms with E-state index < -0.39 is 6.10 Å². The first kappa shape index (κ1) is 16.0. The predicted octanol–water partition coefficient (Wildman–Crippen LogP) is 4.27. The third-order valence-electron chi connectivity index (χ3n) is 3.93. The molecule has 0 aliphatic heterocycles. The standard InChI is InChI=1S/C16H20ClFN2O/c1-5-9(2)16(21)15-14(10(3)19-20(15)4)12-7-6-11(18)8-13(12)17/h6-9,16,21H,5H2,1-4H3. The van der Waals surface area contributed by atoms with Crippen molar-refractivity contribution >= 4 is 11.6 Å². The second kappa shape index (κ2) is 6.16. The summed E-state index contributed by atoms with van der Waals surface area (Å²) in [6.45, 7) is 5.88. The lowest BCUT2D eigenvalue weighted by Crippen LogP contribution is -2.13. The van der Waals surface area contributed by atoms with Gasteiger partial charge in [0.05, 0.1) is 22.5 Å². The molecule has 2 aromatic rings. The molecule has 2 rings (SSSR count). The summed E-state index contributed by atoms with van der Waals surface area (Å²) in [5, 5.41) is 15.3. The average molecular weight is 311 g/mol. The summed E-state index contributed by atoms with van der Waals surface area (Å²) in [7, 11) is 1.80. The van der Waals surface area contributed by atoms with Gasteiger partial charge in [-0.2, -0.15) is 5.10 Å². The first-order valence-corrected chi connectivity index (χ1v) is 7.41. The normalized spacial score (nSPS) is 14.2. The fourth-order valence-corrected chi connectivity index (χ4v) is 2.79. The van der Waals surface area contributed by atoms with Crippen LogP contribution in [0, 0.1) is 18.7 Å². The molecule has 0 spiro atoms. The minimum Gasteiger partial charge on any atom is -0.387 e. The smallest absolute Gasteiger partial charge is 0.124 e. The number of hydrogen-bond donors (Lipinski definition) is 1. The van der Waals surface area contributed by atoms with Crippen LogP contribution in [0.15, 0.2) is 18.2 Å². The summed E-state index contributed by atoms with van der Waals surface area (Å²) < 4.78 is 14.9. The number of benzene rings is 1. The molecule has 1 aromatic heterocycles. The molecule has 2 unspecified atom stereocenters. The van der Waals surface area contributed by atoms with Crippen molar-refractivity contribution < 1.29 is 9.50 Å². The Hall–Kier alpha value is -1.39. The zero-order valence-electron chi connectivity index (χ0n) is 12.7. The van der Waals surface area contributed by atoms with Gasteiger partial charge in [-0.3, -0.25) is 4.68 Å². The zero-order chi connectivity index (χ0) is 15.7. The first-order valence-electron chi connectivity index (χ1n) is 7.03. The van der Waals surface area contributed by atoms with Crippen molar-refractivity contribution in [2.24, 2.45) is 13.0 Å². The van der Waals surface area contributed by atoms with Gasteiger partial charge in [-0.25, -0.2) is 4.39 Å². The first-order chi connectivity index (χ1) is 9.86. The van der Waals surface area contributed by atoms with Crippen molar-refractivity contribution in [2.75, 3.05) is 0 Å². The van der Waals surface area contributed by atoms with Crippen LogP contribution in [0.5, 0.6) is 0 Å². The van der Waals surface area contributed by atoms with E-state index in [1.54, 1.807) is 17.8 Å². The molecule has 0 saturated heterocycles. The van der Waals surface area contributed by atoms with Crippen LogP contribution in [0.4, 0.5) is 4.39 Å². The molecular weight excluding hydrogens is 291 g/mol. The van der Waals surface area contributed by atoms with E-state index in [4.69, 9.17) is 11.6 Å². The second-order valence-electron chi connectivity index (χ2n) is 5.42. The molecule has 0 aliphatic carbocycles. The van der Waals surface area contributed by atoms with Crippen molar-refractivity contribution in [1.82, 2.24) is 9.78 Å². The molecule has 2 atom stereocenters. The monoisotopic (exact) mass is 310 g/mol. The number of halogens is 2. The molecule has 0 radical (unpaired) electrons. The Bertz CT molecular complexity index is 654. The molecule has 0 fully saturated rings. The van der Waals surface area contributed by atoms with Crippen LogP contribution in [-0.4, -0.2) is 14.9 Å². The molecule has 5 heteroatoms. The van der Waals surface area contributed by atoms with Gasteiger partial charge in [0.2, 0.25) is 0 Å². The van der Waals surface area contributed by atoms with E-state index >= 15 is 0 Å². The summed E-state index contributed by atoms with van der Waals surface area (Å²) in [6, 6.07) is 4.28. The van der Waals surface area contributed by atoms with Gasteiger partial charge in [-0.05, 0) is 31.0 Å². The number of nitrogens with zero attached hydrogens (tertiary/aromatic N) is 2. The van der Waals surface area contributed by atoms with Crippen molar-refractivity contribution in [3.63, 3.8) is 0 Å². The molecule has 1 aromatic carbocycles. The third kappa shape index (κ3) is 2.97. The number of aromatic nitrogens is 2. The maximum atomic E-state index is 13.3. The summed E-state index contributed by atoms with van der Waals surface area (Å²) in [6.07, 6.45) is 0.208. The van der Waals surface area contributed by atoms with Gasteiger partial charge < -0.3 is 5.11 Å². The largest absolute Gasteiger partial charge is 0.387 e. The van der Waals surface area contributed by atoms with Crippen molar-refractivity contribution in [1.29, 1.82) is 0 Å².